The van der Waals surface area contributed by atoms with Gasteiger partial charge in [-0.05, 0) is 24.6 Å². The summed E-state index contributed by atoms with van der Waals surface area (Å²) in [6.07, 6.45) is 2.02. The largest absolute Gasteiger partial charge is 0.493 e. The van der Waals surface area contributed by atoms with Crippen LogP contribution in [-0.4, -0.2) is 19.6 Å². The van der Waals surface area contributed by atoms with Gasteiger partial charge in [-0.25, -0.2) is 10.8 Å². The molecule has 128 valence electrons. The van der Waals surface area contributed by atoms with Gasteiger partial charge in [-0.3, -0.25) is 0 Å². The monoisotopic (exact) mass is 328 g/mol. The van der Waals surface area contributed by atoms with Gasteiger partial charge in [0, 0.05) is 17.3 Å². The average molecular weight is 328 g/mol. The smallest absolute Gasteiger partial charge is 0.163 e. The first-order valence-corrected chi connectivity index (χ1v) is 7.90. The van der Waals surface area contributed by atoms with E-state index < -0.39 is 0 Å². The van der Waals surface area contributed by atoms with Crippen LogP contribution in [0.4, 0.5) is 11.4 Å². The molecule has 0 aliphatic rings. The van der Waals surface area contributed by atoms with Crippen LogP contribution in [0.25, 0.3) is 0 Å². The zero-order valence-electron chi connectivity index (χ0n) is 14.1. The number of benzene rings is 2. The van der Waals surface area contributed by atoms with E-state index in [1.54, 1.807) is 19.2 Å². The van der Waals surface area contributed by atoms with E-state index in [1.807, 2.05) is 30.3 Å². The number of amidine groups is 1. The number of nitrogens with zero attached hydrogens (tertiary/aromatic N) is 1. The van der Waals surface area contributed by atoms with Crippen molar-refractivity contribution >= 4 is 17.2 Å². The van der Waals surface area contributed by atoms with Crippen molar-refractivity contribution in [3.8, 4) is 11.5 Å². The lowest BCUT2D eigenvalue weighted by Crippen LogP contribution is -2.31. The van der Waals surface area contributed by atoms with E-state index in [1.165, 1.54) is 0 Å². The van der Waals surface area contributed by atoms with Crippen LogP contribution in [0, 0.1) is 0 Å². The van der Waals surface area contributed by atoms with Gasteiger partial charge in [0.05, 0.1) is 19.4 Å². The molecule has 5 N–H and O–H groups in total. The second kappa shape index (κ2) is 8.79. The Labute approximate surface area is 142 Å². The van der Waals surface area contributed by atoms with E-state index in [4.69, 9.17) is 21.1 Å². The fourth-order valence-corrected chi connectivity index (χ4v) is 2.18. The summed E-state index contributed by atoms with van der Waals surface area (Å²) in [5.41, 5.74) is 10.7. The Kier molecular flexibility index (Phi) is 6.45. The van der Waals surface area contributed by atoms with E-state index in [0.717, 1.165) is 18.5 Å². The topological polar surface area (TPSA) is 94.9 Å². The van der Waals surface area contributed by atoms with E-state index >= 15 is 0 Å². The summed E-state index contributed by atoms with van der Waals surface area (Å²) in [7, 11) is 1.59. The first-order valence-electron chi connectivity index (χ1n) is 7.90. The molecule has 2 aromatic rings. The SMILES string of the molecule is CCCCOc1cc(N)c(C(=Nc2ccccc2)NN)cc1OC. The van der Waals surface area contributed by atoms with Crippen LogP contribution in [0.15, 0.2) is 47.5 Å². The first-order chi connectivity index (χ1) is 11.7. The zero-order valence-corrected chi connectivity index (χ0v) is 14.1. The first kappa shape index (κ1) is 17.6. The lowest BCUT2D eigenvalue weighted by Gasteiger charge is -2.15. The highest BCUT2D eigenvalue weighted by Gasteiger charge is 2.14. The molecule has 0 aliphatic carbocycles. The number of nitrogens with two attached hydrogens (primary N) is 2. The maximum Gasteiger partial charge on any atom is 0.163 e. The van der Waals surface area contributed by atoms with Gasteiger partial charge in [-0.2, -0.15) is 0 Å². The number of nitrogen functional groups attached to an aromatic ring is 1. The number of rotatable bonds is 7. The van der Waals surface area contributed by atoms with Crippen LogP contribution in [-0.2, 0) is 0 Å². The van der Waals surface area contributed by atoms with Crippen molar-refractivity contribution < 1.29 is 9.47 Å². The summed E-state index contributed by atoms with van der Waals surface area (Å²) >= 11 is 0. The molecule has 0 heterocycles. The molecule has 6 heteroatoms. The van der Waals surface area contributed by atoms with E-state index in [2.05, 4.69) is 17.3 Å². The van der Waals surface area contributed by atoms with Crippen molar-refractivity contribution in [1.82, 2.24) is 5.43 Å². The zero-order chi connectivity index (χ0) is 17.4. The second-order valence-corrected chi connectivity index (χ2v) is 5.23. The Hall–Kier alpha value is -2.73. The summed E-state index contributed by atoms with van der Waals surface area (Å²) in [4.78, 5) is 4.49. The van der Waals surface area contributed by atoms with Crippen LogP contribution >= 0.6 is 0 Å². The summed E-state index contributed by atoms with van der Waals surface area (Å²) in [6, 6.07) is 13.0. The second-order valence-electron chi connectivity index (χ2n) is 5.23. The molecule has 2 aromatic carbocycles. The fraction of sp³-hybridized carbons (Fsp3) is 0.278. The molecule has 0 aromatic heterocycles. The lowest BCUT2D eigenvalue weighted by atomic mass is 10.1. The quantitative estimate of drug-likeness (QED) is 0.181. The molecule has 0 bridgehead atoms. The molecule has 0 radical (unpaired) electrons. The Morgan fingerprint density at radius 2 is 1.92 bits per heavy atom. The standard InChI is InChI=1S/C18H24N4O2/c1-3-4-10-24-17-12-15(19)14(11-16(17)23-2)18(22-20)21-13-8-6-5-7-9-13/h5-9,11-12H,3-4,10,19-20H2,1-2H3,(H,21,22). The van der Waals surface area contributed by atoms with Gasteiger partial charge in [0.25, 0.3) is 0 Å². The number of methoxy groups -OCH3 is 1. The van der Waals surface area contributed by atoms with Crippen LogP contribution in [0.5, 0.6) is 11.5 Å². The molecular formula is C18H24N4O2. The molecule has 2 rings (SSSR count). The third-order valence-electron chi connectivity index (χ3n) is 3.48. The summed E-state index contributed by atoms with van der Waals surface area (Å²) in [5, 5.41) is 0. The molecule has 0 saturated heterocycles. The van der Waals surface area contributed by atoms with Gasteiger partial charge >= 0.3 is 0 Å². The number of para-hydroxylation sites is 1. The highest BCUT2D eigenvalue weighted by molar-refractivity contribution is 6.04. The maximum absolute atomic E-state index is 6.17. The normalized spacial score (nSPS) is 11.2. The summed E-state index contributed by atoms with van der Waals surface area (Å²) in [5.74, 6) is 7.30. The third-order valence-corrected chi connectivity index (χ3v) is 3.48. The van der Waals surface area contributed by atoms with Gasteiger partial charge in [0.2, 0.25) is 0 Å². The summed E-state index contributed by atoms with van der Waals surface area (Å²) in [6.45, 7) is 2.73. The number of hydrogen-bond donors (Lipinski definition) is 3. The Bertz CT molecular complexity index is 687. The van der Waals surface area contributed by atoms with Crippen molar-refractivity contribution in [3.05, 3.63) is 48.0 Å². The van der Waals surface area contributed by atoms with Crippen molar-refractivity contribution in [2.75, 3.05) is 19.5 Å². The number of nitrogens with one attached hydrogen (secondary N) is 1. The number of hydrogen-bond acceptors (Lipinski definition) is 5. The van der Waals surface area contributed by atoms with Crippen LogP contribution < -0.4 is 26.5 Å². The van der Waals surface area contributed by atoms with E-state index in [9.17, 15) is 0 Å². The molecule has 24 heavy (non-hydrogen) atoms. The molecule has 0 unspecified atom stereocenters. The molecular weight excluding hydrogens is 304 g/mol. The molecule has 0 spiro atoms. The Morgan fingerprint density at radius 1 is 1.17 bits per heavy atom. The minimum absolute atomic E-state index is 0.456. The Morgan fingerprint density at radius 3 is 2.54 bits per heavy atom. The fourth-order valence-electron chi connectivity index (χ4n) is 2.18. The van der Waals surface area contributed by atoms with Gasteiger partial charge in [0.1, 0.15) is 5.84 Å². The number of unbranched alkanes of at least 4 members (excludes halogenated alkanes) is 1. The van der Waals surface area contributed by atoms with Crippen molar-refractivity contribution in [2.45, 2.75) is 19.8 Å². The molecule has 0 saturated carbocycles. The third kappa shape index (κ3) is 4.39. The van der Waals surface area contributed by atoms with Gasteiger partial charge in [-0.15, -0.1) is 0 Å². The molecule has 0 atom stereocenters. The van der Waals surface area contributed by atoms with Crippen LogP contribution in [0.2, 0.25) is 0 Å². The highest BCUT2D eigenvalue weighted by atomic mass is 16.5. The average Bonchev–Trinajstić information content (AvgIpc) is 2.61. The van der Waals surface area contributed by atoms with Gasteiger partial charge in [-0.1, -0.05) is 31.5 Å². The number of aliphatic imine (C=N–C) groups is 1. The number of ether oxygens (including phenoxy) is 2. The minimum Gasteiger partial charge on any atom is -0.493 e. The predicted molar refractivity (Wildman–Crippen MR) is 97.8 cm³/mol. The summed E-state index contributed by atoms with van der Waals surface area (Å²) < 4.78 is 11.2. The van der Waals surface area contributed by atoms with Gasteiger partial charge in [0.15, 0.2) is 11.5 Å². The van der Waals surface area contributed by atoms with Gasteiger partial charge < -0.3 is 20.6 Å². The molecule has 0 fully saturated rings. The van der Waals surface area contributed by atoms with Crippen molar-refractivity contribution in [3.63, 3.8) is 0 Å². The lowest BCUT2D eigenvalue weighted by molar-refractivity contribution is 0.288. The predicted octanol–water partition coefficient (Wildman–Crippen LogP) is 3.00. The Balaban J connectivity index is 2.36. The van der Waals surface area contributed by atoms with Crippen LogP contribution in [0.3, 0.4) is 0 Å². The van der Waals surface area contributed by atoms with E-state index in [-0.39, 0.29) is 0 Å². The number of hydrazine groups is 1. The molecule has 0 aliphatic heterocycles. The molecule has 6 nitrogen and oxygen atoms in total. The number of anilines is 1. The molecule has 0 amide bonds. The van der Waals surface area contributed by atoms with Crippen molar-refractivity contribution in [2.24, 2.45) is 10.8 Å². The highest BCUT2D eigenvalue weighted by Crippen LogP contribution is 2.33. The minimum atomic E-state index is 0.456. The van der Waals surface area contributed by atoms with Crippen LogP contribution in [0.1, 0.15) is 25.3 Å². The van der Waals surface area contributed by atoms with Crippen molar-refractivity contribution in [1.29, 1.82) is 0 Å². The maximum atomic E-state index is 6.17. The van der Waals surface area contributed by atoms with E-state index in [0.29, 0.717) is 35.2 Å².